The third-order valence-corrected chi connectivity index (χ3v) is 4.19. The minimum Gasteiger partial charge on any atom is -0.354 e. The predicted molar refractivity (Wildman–Crippen MR) is 78.5 cm³/mol. The monoisotopic (exact) mass is 280 g/mol. The lowest BCUT2D eigenvalue weighted by Crippen LogP contribution is -2.41. The van der Waals surface area contributed by atoms with E-state index in [1.807, 2.05) is 18.2 Å². The quantitative estimate of drug-likeness (QED) is 0.870. The molecule has 0 saturated heterocycles. The molecule has 2 N–H and O–H groups in total. The largest absolute Gasteiger partial charge is 0.354 e. The lowest BCUT2D eigenvalue weighted by Gasteiger charge is -2.30. The molecule has 0 atom stereocenters. The van der Waals surface area contributed by atoms with Crippen LogP contribution in [0.3, 0.4) is 0 Å². The van der Waals surface area contributed by atoms with Crippen molar-refractivity contribution in [3.05, 3.63) is 34.9 Å². The molecule has 2 rings (SSSR count). The van der Waals surface area contributed by atoms with Crippen LogP contribution in [0.25, 0.3) is 0 Å². The van der Waals surface area contributed by atoms with Crippen LogP contribution in [0, 0.1) is 0 Å². The number of hydrogen-bond acceptors (Lipinski definition) is 2. The van der Waals surface area contributed by atoms with Gasteiger partial charge < -0.3 is 10.6 Å². The third kappa shape index (κ3) is 3.48. The van der Waals surface area contributed by atoms with Crippen LogP contribution in [-0.4, -0.2) is 26.0 Å². The van der Waals surface area contributed by atoms with Gasteiger partial charge in [-0.3, -0.25) is 4.79 Å². The summed E-state index contributed by atoms with van der Waals surface area (Å²) in [5.41, 5.74) is 1.32. The fraction of sp³-hybridized carbons (Fsp3) is 0.533. The Morgan fingerprint density at radius 3 is 2.74 bits per heavy atom. The normalized spacial score (nSPS) is 17.4. The second-order valence-corrected chi connectivity index (χ2v) is 5.74. The minimum absolute atomic E-state index is 0.0517. The highest BCUT2D eigenvalue weighted by Gasteiger charge is 2.35. The summed E-state index contributed by atoms with van der Waals surface area (Å²) in [5, 5.41) is 6.68. The van der Waals surface area contributed by atoms with Crippen LogP contribution in [0.4, 0.5) is 0 Å². The number of carbonyl (C=O) groups is 1. The van der Waals surface area contributed by atoms with Crippen LogP contribution in [0.1, 0.15) is 31.2 Å². The summed E-state index contributed by atoms with van der Waals surface area (Å²) in [4.78, 5) is 11.6. The topological polar surface area (TPSA) is 41.1 Å². The second-order valence-electron chi connectivity index (χ2n) is 5.30. The van der Waals surface area contributed by atoms with E-state index in [0.717, 1.165) is 17.9 Å². The first-order valence-electron chi connectivity index (χ1n) is 6.84. The Bertz CT molecular complexity index is 442. The molecule has 0 aromatic heterocycles. The maximum atomic E-state index is 11.6. The van der Waals surface area contributed by atoms with Crippen molar-refractivity contribution in [2.45, 2.75) is 31.1 Å². The van der Waals surface area contributed by atoms with Crippen molar-refractivity contribution in [2.24, 2.45) is 0 Å². The average Bonchev–Trinajstić information content (AvgIpc) is 2.87. The van der Waals surface area contributed by atoms with Crippen molar-refractivity contribution in [2.75, 3.05) is 20.1 Å². The Hall–Kier alpha value is -1.06. The van der Waals surface area contributed by atoms with Crippen molar-refractivity contribution in [1.29, 1.82) is 0 Å². The minimum atomic E-state index is 0.0517. The van der Waals surface area contributed by atoms with Gasteiger partial charge in [-0.05, 0) is 37.6 Å². The van der Waals surface area contributed by atoms with E-state index < -0.39 is 0 Å². The first-order valence-corrected chi connectivity index (χ1v) is 7.21. The molecule has 3 nitrogen and oxygen atoms in total. The highest BCUT2D eigenvalue weighted by atomic mass is 35.5. The van der Waals surface area contributed by atoms with E-state index >= 15 is 0 Å². The summed E-state index contributed by atoms with van der Waals surface area (Å²) in [5.74, 6) is 0.0517. The lowest BCUT2D eigenvalue weighted by atomic mass is 9.79. The Morgan fingerprint density at radius 1 is 1.37 bits per heavy atom. The molecule has 1 amide bonds. The predicted octanol–water partition coefficient (Wildman–Crippen LogP) is 2.49. The molecule has 0 spiro atoms. The maximum absolute atomic E-state index is 11.6. The summed E-state index contributed by atoms with van der Waals surface area (Å²) < 4.78 is 0. The average molecular weight is 281 g/mol. The molecular formula is C15H21ClN2O. The van der Waals surface area contributed by atoms with E-state index in [9.17, 15) is 4.79 Å². The molecule has 104 valence electrons. The number of likely N-dealkylation sites (N-methyl/N-ethyl adjacent to an activating group) is 1. The van der Waals surface area contributed by atoms with Crippen LogP contribution in [0.2, 0.25) is 5.02 Å². The number of amides is 1. The zero-order valence-electron chi connectivity index (χ0n) is 11.3. The van der Waals surface area contributed by atoms with E-state index in [1.165, 1.54) is 18.4 Å². The van der Waals surface area contributed by atoms with E-state index in [-0.39, 0.29) is 11.3 Å². The number of carbonyl (C=O) groups excluding carboxylic acids is 1. The van der Waals surface area contributed by atoms with Crippen LogP contribution in [0.15, 0.2) is 24.3 Å². The number of nitrogens with one attached hydrogen (secondary N) is 2. The molecule has 4 heteroatoms. The molecule has 1 aromatic carbocycles. The third-order valence-electron chi connectivity index (χ3n) is 3.96. The van der Waals surface area contributed by atoms with Crippen LogP contribution >= 0.6 is 11.6 Å². The number of halogens is 1. The van der Waals surface area contributed by atoms with Gasteiger partial charge in [0.05, 0.1) is 6.54 Å². The number of benzene rings is 1. The van der Waals surface area contributed by atoms with Gasteiger partial charge in [-0.25, -0.2) is 0 Å². The van der Waals surface area contributed by atoms with Gasteiger partial charge in [-0.2, -0.15) is 0 Å². The molecule has 19 heavy (non-hydrogen) atoms. The van der Waals surface area contributed by atoms with Gasteiger partial charge in [0.2, 0.25) is 5.91 Å². The molecular weight excluding hydrogens is 260 g/mol. The standard InChI is InChI=1S/C15H21ClN2O/c1-17-10-14(19)18-11-15(7-2-3-8-15)12-5-4-6-13(16)9-12/h4-6,9,17H,2-3,7-8,10-11H2,1H3,(H,18,19). The zero-order valence-corrected chi connectivity index (χ0v) is 12.1. The second kappa shape index (κ2) is 6.40. The van der Waals surface area contributed by atoms with Gasteiger partial charge in [-0.15, -0.1) is 0 Å². The molecule has 0 heterocycles. The van der Waals surface area contributed by atoms with E-state index in [1.54, 1.807) is 7.05 Å². The molecule has 1 aliphatic rings. The van der Waals surface area contributed by atoms with Crippen LogP contribution < -0.4 is 10.6 Å². The van der Waals surface area contributed by atoms with Crippen LogP contribution in [0.5, 0.6) is 0 Å². The Labute approximate surface area is 119 Å². The van der Waals surface area contributed by atoms with Crippen molar-refractivity contribution in [3.63, 3.8) is 0 Å². The fourth-order valence-electron chi connectivity index (χ4n) is 2.93. The molecule has 0 bridgehead atoms. The van der Waals surface area contributed by atoms with Gasteiger partial charge in [-0.1, -0.05) is 36.6 Å². The lowest BCUT2D eigenvalue weighted by molar-refractivity contribution is -0.120. The molecule has 1 aromatic rings. The fourth-order valence-corrected chi connectivity index (χ4v) is 3.12. The SMILES string of the molecule is CNCC(=O)NCC1(c2cccc(Cl)c2)CCCC1. The maximum Gasteiger partial charge on any atom is 0.233 e. The summed E-state index contributed by atoms with van der Waals surface area (Å²) in [7, 11) is 1.78. The molecule has 1 fully saturated rings. The highest BCUT2D eigenvalue weighted by Crippen LogP contribution is 2.41. The summed E-state index contributed by atoms with van der Waals surface area (Å²) in [6.45, 7) is 1.07. The van der Waals surface area contributed by atoms with E-state index in [2.05, 4.69) is 16.7 Å². The first-order chi connectivity index (χ1) is 9.16. The Morgan fingerprint density at radius 2 is 2.11 bits per heavy atom. The molecule has 1 aliphatic carbocycles. The Balaban J connectivity index is 2.12. The molecule has 1 saturated carbocycles. The molecule has 0 radical (unpaired) electrons. The van der Waals surface area contributed by atoms with Crippen molar-refractivity contribution < 1.29 is 4.79 Å². The zero-order chi connectivity index (χ0) is 13.7. The van der Waals surface area contributed by atoms with Gasteiger partial charge in [0.15, 0.2) is 0 Å². The van der Waals surface area contributed by atoms with Gasteiger partial charge >= 0.3 is 0 Å². The van der Waals surface area contributed by atoms with Crippen molar-refractivity contribution in [1.82, 2.24) is 10.6 Å². The van der Waals surface area contributed by atoms with Crippen molar-refractivity contribution in [3.8, 4) is 0 Å². The van der Waals surface area contributed by atoms with Crippen LogP contribution in [-0.2, 0) is 10.2 Å². The highest BCUT2D eigenvalue weighted by molar-refractivity contribution is 6.30. The first kappa shape index (κ1) is 14.4. The van der Waals surface area contributed by atoms with Gasteiger partial charge in [0.1, 0.15) is 0 Å². The molecule has 0 aliphatic heterocycles. The molecule has 0 unspecified atom stereocenters. The van der Waals surface area contributed by atoms with Gasteiger partial charge in [0, 0.05) is 17.0 Å². The summed E-state index contributed by atoms with van der Waals surface area (Å²) in [6, 6.07) is 8.05. The van der Waals surface area contributed by atoms with E-state index in [0.29, 0.717) is 13.1 Å². The van der Waals surface area contributed by atoms with Gasteiger partial charge in [0.25, 0.3) is 0 Å². The Kier molecular flexibility index (Phi) is 4.83. The summed E-state index contributed by atoms with van der Waals surface area (Å²) in [6.07, 6.45) is 4.67. The van der Waals surface area contributed by atoms with Crippen molar-refractivity contribution >= 4 is 17.5 Å². The number of rotatable bonds is 5. The number of hydrogen-bond donors (Lipinski definition) is 2. The summed E-state index contributed by atoms with van der Waals surface area (Å²) >= 11 is 6.10. The van der Waals surface area contributed by atoms with E-state index in [4.69, 9.17) is 11.6 Å². The smallest absolute Gasteiger partial charge is 0.233 e.